The maximum Gasteiger partial charge on any atom is 0.237 e. The van der Waals surface area contributed by atoms with E-state index in [0.717, 1.165) is 22.4 Å². The second kappa shape index (κ2) is 12.8. The molecule has 0 atom stereocenters. The van der Waals surface area contributed by atoms with Crippen LogP contribution in [0.5, 0.6) is 0 Å². The summed E-state index contributed by atoms with van der Waals surface area (Å²) in [5.41, 5.74) is 12.5. The fraction of sp³-hybridized carbons (Fsp3) is 0.440. The summed E-state index contributed by atoms with van der Waals surface area (Å²) in [6.45, 7) is 15.3. The Hall–Kier alpha value is -1.17. The van der Waals surface area contributed by atoms with Crippen molar-refractivity contribution in [2.24, 2.45) is 0 Å². The molecule has 2 N–H and O–H groups in total. The lowest BCUT2D eigenvalue weighted by molar-refractivity contribution is -0.119. The van der Waals surface area contributed by atoms with Crippen LogP contribution in [0.4, 0.5) is 5.69 Å². The normalized spacial score (nSPS) is 10.9. The molecule has 0 aliphatic rings. The van der Waals surface area contributed by atoms with Crippen molar-refractivity contribution >= 4 is 60.2 Å². The Morgan fingerprint density at radius 1 is 0.806 bits per heavy atom. The minimum Gasteiger partial charge on any atom is -0.398 e. The van der Waals surface area contributed by atoms with Gasteiger partial charge in [-0.25, -0.2) is 0 Å². The molecule has 2 rings (SSSR count). The molecule has 0 aliphatic carbocycles. The lowest BCUT2D eigenvalue weighted by Crippen LogP contribution is -2.26. The molecule has 0 saturated heterocycles. The number of hydrogen-bond donors (Lipinski definition) is 1. The molecule has 0 radical (unpaired) electrons. The number of Topliss-reactive ketones (excluding diaryl/α,β-unsaturated/α-hetero) is 1. The van der Waals surface area contributed by atoms with Crippen molar-refractivity contribution in [2.45, 2.75) is 70.5 Å². The molecule has 0 saturated carbocycles. The van der Waals surface area contributed by atoms with Crippen molar-refractivity contribution < 1.29 is 9.59 Å². The van der Waals surface area contributed by atoms with E-state index in [9.17, 15) is 9.59 Å². The number of carbonyl (C=O) groups is 2. The predicted molar refractivity (Wildman–Crippen MR) is 142 cm³/mol. The molecule has 6 heteroatoms. The second-order valence-electron chi connectivity index (χ2n) is 8.49. The van der Waals surface area contributed by atoms with Gasteiger partial charge in [0.15, 0.2) is 5.78 Å². The van der Waals surface area contributed by atoms with E-state index >= 15 is 0 Å². The van der Waals surface area contributed by atoms with Gasteiger partial charge in [0.05, 0.1) is 8.65 Å². The second-order valence-corrected chi connectivity index (χ2v) is 12.8. The van der Waals surface area contributed by atoms with Crippen molar-refractivity contribution in [2.75, 3.05) is 5.73 Å². The van der Waals surface area contributed by atoms with Crippen LogP contribution in [-0.4, -0.2) is 19.7 Å². The number of benzene rings is 2. The van der Waals surface area contributed by atoms with Crippen LogP contribution >= 0.6 is 43.5 Å². The average Bonchev–Trinajstić information content (AvgIpc) is 2.62. The molecule has 172 valence electrons. The fourth-order valence-corrected chi connectivity index (χ4v) is 2.47. The third-order valence-corrected chi connectivity index (χ3v) is 6.16. The Kier molecular flexibility index (Phi) is 12.3. The molecule has 0 heterocycles. The lowest BCUT2D eigenvalue weighted by Gasteiger charge is -2.16. The zero-order valence-corrected chi connectivity index (χ0v) is 23.6. The molecule has 0 bridgehead atoms. The minimum atomic E-state index is -0.561. The monoisotopic (exact) mass is 573 g/mol. The summed E-state index contributed by atoms with van der Waals surface area (Å²) in [5, 5.41) is -0.368. The summed E-state index contributed by atoms with van der Waals surface area (Å²) >= 11 is 11.5. The maximum absolute atomic E-state index is 11.9. The van der Waals surface area contributed by atoms with Crippen LogP contribution in [0.25, 0.3) is 0 Å². The highest BCUT2D eigenvalue weighted by Gasteiger charge is 2.24. The molecule has 2 aromatic rings. The number of carbonyl (C=O) groups excluding carboxylic acids is 2. The van der Waals surface area contributed by atoms with Crippen LogP contribution in [-0.2, 0) is 16.0 Å². The van der Waals surface area contributed by atoms with Gasteiger partial charge >= 0.3 is 0 Å². The number of alkyl halides is 2. The van der Waals surface area contributed by atoms with Gasteiger partial charge in [-0.3, -0.25) is 9.59 Å². The van der Waals surface area contributed by atoms with Crippen LogP contribution in [0, 0.1) is 27.7 Å². The Labute approximate surface area is 209 Å². The van der Waals surface area contributed by atoms with Crippen molar-refractivity contribution in [3.05, 3.63) is 64.2 Å². The standard InChI is InChI=1S/C13H17BrO.C8H11N.C4H6BrClO/c1-9-6-5-7-10(2)11(9)8-12(15)13(3,4)14;1-6-4-3-5-7(2)8(6)9;1-4(2,5)3(6)7/h5-7H,8H2,1-4H3;3-5H,9H2,1-2H3;1-2H3. The average molecular weight is 576 g/mol. The van der Waals surface area contributed by atoms with Crippen molar-refractivity contribution in [3.63, 3.8) is 0 Å². The van der Waals surface area contributed by atoms with E-state index in [1.54, 1.807) is 13.8 Å². The molecule has 0 fully saturated rings. The molecule has 2 aromatic carbocycles. The molecule has 0 spiro atoms. The molecule has 0 amide bonds. The van der Waals surface area contributed by atoms with Gasteiger partial charge in [-0.15, -0.1) is 0 Å². The van der Waals surface area contributed by atoms with Crippen LogP contribution in [0.1, 0.15) is 55.5 Å². The van der Waals surface area contributed by atoms with Crippen molar-refractivity contribution in [3.8, 4) is 0 Å². The first-order valence-corrected chi connectivity index (χ1v) is 11.9. The SMILES string of the molecule is CC(C)(Br)C(=O)Cl.Cc1cccc(C)c1CC(=O)C(C)(C)Br.Cc1cccc(C)c1N. The van der Waals surface area contributed by atoms with Gasteiger partial charge in [-0.2, -0.15) is 0 Å². The van der Waals surface area contributed by atoms with Gasteiger partial charge in [0.25, 0.3) is 0 Å². The molecular weight excluding hydrogens is 542 g/mol. The quantitative estimate of drug-likeness (QED) is 0.235. The minimum absolute atomic E-state index is 0.222. The van der Waals surface area contributed by atoms with E-state index in [-0.39, 0.29) is 11.0 Å². The third kappa shape index (κ3) is 11.3. The van der Waals surface area contributed by atoms with E-state index in [0.29, 0.717) is 6.42 Å². The molecular formula is C25H34Br2ClNO2. The summed E-state index contributed by atoms with van der Waals surface area (Å²) in [6, 6.07) is 12.2. The molecule has 0 unspecified atom stereocenters. The Balaban J connectivity index is 0.000000479. The highest BCUT2D eigenvalue weighted by atomic mass is 79.9. The van der Waals surface area contributed by atoms with Crippen molar-refractivity contribution in [1.82, 2.24) is 0 Å². The molecule has 0 aromatic heterocycles. The van der Waals surface area contributed by atoms with E-state index in [1.807, 2.05) is 52.0 Å². The molecule has 31 heavy (non-hydrogen) atoms. The van der Waals surface area contributed by atoms with E-state index in [2.05, 4.69) is 57.8 Å². The Morgan fingerprint density at radius 3 is 1.39 bits per heavy atom. The first-order valence-electron chi connectivity index (χ1n) is 9.96. The maximum atomic E-state index is 11.9. The van der Waals surface area contributed by atoms with Gasteiger partial charge in [-0.1, -0.05) is 68.3 Å². The van der Waals surface area contributed by atoms with E-state index in [4.69, 9.17) is 17.3 Å². The summed E-state index contributed by atoms with van der Waals surface area (Å²) in [4.78, 5) is 22.1. The zero-order valence-electron chi connectivity index (χ0n) is 19.7. The highest BCUT2D eigenvalue weighted by Crippen LogP contribution is 2.22. The fourth-order valence-electron chi connectivity index (χ4n) is 2.33. The number of halogens is 3. The predicted octanol–water partition coefficient (Wildman–Crippen LogP) is 7.40. The van der Waals surface area contributed by atoms with Crippen LogP contribution in [0.3, 0.4) is 0 Å². The number of aryl methyl sites for hydroxylation is 4. The molecule has 3 nitrogen and oxygen atoms in total. The Bertz CT molecular complexity index is 857. The van der Waals surface area contributed by atoms with Gasteiger partial charge < -0.3 is 5.73 Å². The Morgan fingerprint density at radius 2 is 1.13 bits per heavy atom. The third-order valence-electron chi connectivity index (χ3n) is 4.65. The van der Waals surface area contributed by atoms with Gasteiger partial charge in [-0.05, 0) is 94.8 Å². The first kappa shape index (κ1) is 29.8. The first-order chi connectivity index (χ1) is 14.0. The van der Waals surface area contributed by atoms with E-state index < -0.39 is 8.65 Å². The lowest BCUT2D eigenvalue weighted by atomic mass is 9.94. The van der Waals surface area contributed by atoms with Crippen LogP contribution in [0.15, 0.2) is 36.4 Å². The highest BCUT2D eigenvalue weighted by molar-refractivity contribution is 9.10. The number of anilines is 1. The number of hydrogen-bond acceptors (Lipinski definition) is 3. The zero-order chi connectivity index (χ0) is 24.6. The summed E-state index contributed by atoms with van der Waals surface area (Å²) < 4.78 is -0.990. The summed E-state index contributed by atoms with van der Waals surface area (Å²) in [5.74, 6) is 0.222. The topological polar surface area (TPSA) is 60.2 Å². The smallest absolute Gasteiger partial charge is 0.237 e. The van der Waals surface area contributed by atoms with Gasteiger partial charge in [0.1, 0.15) is 0 Å². The van der Waals surface area contributed by atoms with Gasteiger partial charge in [0, 0.05) is 12.1 Å². The number of nitrogen functional groups attached to an aromatic ring is 1. The van der Waals surface area contributed by atoms with Crippen LogP contribution < -0.4 is 5.73 Å². The number of nitrogens with two attached hydrogens (primary N) is 1. The summed E-state index contributed by atoms with van der Waals surface area (Å²) in [6.07, 6.45) is 0.511. The number of para-hydroxylation sites is 1. The summed E-state index contributed by atoms with van der Waals surface area (Å²) in [7, 11) is 0. The van der Waals surface area contributed by atoms with E-state index in [1.165, 1.54) is 11.1 Å². The van der Waals surface area contributed by atoms with Crippen LogP contribution in [0.2, 0.25) is 0 Å². The largest absolute Gasteiger partial charge is 0.398 e. The molecule has 0 aliphatic heterocycles. The number of ketones is 1. The van der Waals surface area contributed by atoms with Crippen molar-refractivity contribution in [1.29, 1.82) is 0 Å². The van der Waals surface area contributed by atoms with Gasteiger partial charge in [0.2, 0.25) is 5.24 Å². The number of rotatable bonds is 4.